The summed E-state index contributed by atoms with van der Waals surface area (Å²) in [4.78, 5) is 29.8. The average Bonchev–Trinajstić information content (AvgIpc) is 2.61. The van der Waals surface area contributed by atoms with Crippen LogP contribution in [-0.2, 0) is 22.4 Å². The Labute approximate surface area is 142 Å². The van der Waals surface area contributed by atoms with E-state index in [1.54, 1.807) is 18.1 Å². The summed E-state index contributed by atoms with van der Waals surface area (Å²) in [7, 11) is 1.77. The molecule has 0 atom stereocenters. The van der Waals surface area contributed by atoms with Crippen molar-refractivity contribution in [2.75, 3.05) is 20.1 Å². The molecule has 0 saturated heterocycles. The number of aromatic nitrogens is 1. The minimum absolute atomic E-state index is 0.0194. The SMILES string of the molecule is CN(CCc1ccccn1)C(=O)CCNC(=O)Cc1ccccc1. The quantitative estimate of drug-likeness (QED) is 0.805. The maximum absolute atomic E-state index is 12.1. The Morgan fingerprint density at radius 2 is 1.83 bits per heavy atom. The number of hydrogen-bond donors (Lipinski definition) is 1. The van der Waals surface area contributed by atoms with Crippen molar-refractivity contribution in [1.29, 1.82) is 0 Å². The van der Waals surface area contributed by atoms with E-state index >= 15 is 0 Å². The molecule has 5 heteroatoms. The average molecular weight is 325 g/mol. The van der Waals surface area contributed by atoms with Crippen molar-refractivity contribution in [3.8, 4) is 0 Å². The van der Waals surface area contributed by atoms with Gasteiger partial charge in [-0.15, -0.1) is 0 Å². The van der Waals surface area contributed by atoms with Crippen LogP contribution < -0.4 is 5.32 Å². The van der Waals surface area contributed by atoms with Crippen molar-refractivity contribution in [3.63, 3.8) is 0 Å². The molecule has 0 aliphatic rings. The summed E-state index contributed by atoms with van der Waals surface area (Å²) in [6, 6.07) is 15.3. The molecule has 0 saturated carbocycles. The molecule has 0 fully saturated rings. The van der Waals surface area contributed by atoms with Gasteiger partial charge in [0.1, 0.15) is 0 Å². The van der Waals surface area contributed by atoms with Crippen LogP contribution in [0.15, 0.2) is 54.7 Å². The van der Waals surface area contributed by atoms with E-state index in [-0.39, 0.29) is 11.8 Å². The Balaban J connectivity index is 1.64. The number of carbonyl (C=O) groups is 2. The zero-order valence-corrected chi connectivity index (χ0v) is 13.9. The van der Waals surface area contributed by atoms with Crippen molar-refractivity contribution < 1.29 is 9.59 Å². The second kappa shape index (κ2) is 9.45. The molecule has 2 rings (SSSR count). The monoisotopic (exact) mass is 325 g/mol. The first kappa shape index (κ1) is 17.7. The van der Waals surface area contributed by atoms with Gasteiger partial charge in [0.15, 0.2) is 0 Å². The van der Waals surface area contributed by atoms with Gasteiger partial charge in [-0.25, -0.2) is 0 Å². The van der Waals surface area contributed by atoms with E-state index in [0.29, 0.717) is 25.9 Å². The lowest BCUT2D eigenvalue weighted by Crippen LogP contribution is -2.33. The standard InChI is InChI=1S/C19H23N3O2/c1-22(14-11-17-9-5-6-12-20-17)19(24)10-13-21-18(23)15-16-7-3-2-4-8-16/h2-9,12H,10-11,13-15H2,1H3,(H,21,23). The largest absolute Gasteiger partial charge is 0.355 e. The lowest BCUT2D eigenvalue weighted by molar-refractivity contribution is -0.129. The van der Waals surface area contributed by atoms with Crippen LogP contribution in [0.2, 0.25) is 0 Å². The number of nitrogens with zero attached hydrogens (tertiary/aromatic N) is 2. The van der Waals surface area contributed by atoms with E-state index < -0.39 is 0 Å². The van der Waals surface area contributed by atoms with Gasteiger partial charge in [0, 0.05) is 44.9 Å². The number of amides is 2. The minimum Gasteiger partial charge on any atom is -0.355 e. The summed E-state index contributed by atoms with van der Waals surface area (Å²) in [6.45, 7) is 0.978. The molecule has 0 aliphatic carbocycles. The third-order valence-electron chi connectivity index (χ3n) is 3.72. The highest BCUT2D eigenvalue weighted by Crippen LogP contribution is 2.00. The topological polar surface area (TPSA) is 62.3 Å². The molecule has 1 aromatic heterocycles. The Morgan fingerprint density at radius 1 is 1.08 bits per heavy atom. The molecular formula is C19H23N3O2. The van der Waals surface area contributed by atoms with Crippen LogP contribution >= 0.6 is 0 Å². The third kappa shape index (κ3) is 6.20. The smallest absolute Gasteiger partial charge is 0.224 e. The van der Waals surface area contributed by atoms with Gasteiger partial charge in [0.05, 0.1) is 6.42 Å². The highest BCUT2D eigenvalue weighted by atomic mass is 16.2. The zero-order chi connectivity index (χ0) is 17.2. The first-order chi connectivity index (χ1) is 11.6. The molecule has 1 N–H and O–H groups in total. The summed E-state index contributed by atoms with van der Waals surface area (Å²) >= 11 is 0. The Hall–Kier alpha value is -2.69. The van der Waals surface area contributed by atoms with E-state index in [4.69, 9.17) is 0 Å². The summed E-state index contributed by atoms with van der Waals surface area (Å²) in [5, 5.41) is 2.79. The molecule has 126 valence electrons. The summed E-state index contributed by atoms with van der Waals surface area (Å²) in [5.74, 6) is -0.0453. The Kier molecular flexibility index (Phi) is 6.95. The van der Waals surface area contributed by atoms with Gasteiger partial charge in [0.25, 0.3) is 0 Å². The molecule has 5 nitrogen and oxygen atoms in total. The number of rotatable bonds is 8. The van der Waals surface area contributed by atoms with E-state index in [1.807, 2.05) is 48.5 Å². The van der Waals surface area contributed by atoms with Gasteiger partial charge in [-0.1, -0.05) is 36.4 Å². The van der Waals surface area contributed by atoms with Crippen LogP contribution in [0.5, 0.6) is 0 Å². The molecular weight excluding hydrogens is 302 g/mol. The maximum Gasteiger partial charge on any atom is 0.224 e. The third-order valence-corrected chi connectivity index (χ3v) is 3.72. The molecule has 2 amide bonds. The summed E-state index contributed by atoms with van der Waals surface area (Å²) < 4.78 is 0. The fourth-order valence-electron chi connectivity index (χ4n) is 2.30. The number of hydrogen-bond acceptors (Lipinski definition) is 3. The van der Waals surface area contributed by atoms with Gasteiger partial charge in [-0.05, 0) is 17.7 Å². The summed E-state index contributed by atoms with van der Waals surface area (Å²) in [5.41, 5.74) is 1.93. The fourth-order valence-corrected chi connectivity index (χ4v) is 2.30. The van der Waals surface area contributed by atoms with Crippen LogP contribution in [0.1, 0.15) is 17.7 Å². The fraction of sp³-hybridized carbons (Fsp3) is 0.316. The Bertz CT molecular complexity index is 644. The lowest BCUT2D eigenvalue weighted by atomic mass is 10.1. The molecule has 0 spiro atoms. The predicted molar refractivity (Wildman–Crippen MR) is 93.4 cm³/mol. The molecule has 0 bridgehead atoms. The van der Waals surface area contributed by atoms with Crippen LogP contribution in [0.4, 0.5) is 0 Å². The maximum atomic E-state index is 12.1. The molecule has 0 aliphatic heterocycles. The Morgan fingerprint density at radius 3 is 2.54 bits per heavy atom. The van der Waals surface area contributed by atoms with E-state index in [1.165, 1.54) is 0 Å². The van der Waals surface area contributed by atoms with Crippen LogP contribution in [0.3, 0.4) is 0 Å². The predicted octanol–water partition coefficient (Wildman–Crippen LogP) is 1.83. The van der Waals surface area contributed by atoms with Crippen molar-refractivity contribution in [3.05, 3.63) is 66.0 Å². The number of nitrogens with one attached hydrogen (secondary N) is 1. The molecule has 24 heavy (non-hydrogen) atoms. The molecule has 1 aromatic carbocycles. The highest BCUT2D eigenvalue weighted by molar-refractivity contribution is 5.80. The van der Waals surface area contributed by atoms with Crippen LogP contribution in [0.25, 0.3) is 0 Å². The van der Waals surface area contributed by atoms with Crippen LogP contribution in [0, 0.1) is 0 Å². The first-order valence-corrected chi connectivity index (χ1v) is 8.09. The van der Waals surface area contributed by atoms with E-state index in [9.17, 15) is 9.59 Å². The minimum atomic E-state index is -0.0647. The molecule has 0 unspecified atom stereocenters. The van der Waals surface area contributed by atoms with Gasteiger partial charge in [-0.3, -0.25) is 14.6 Å². The van der Waals surface area contributed by atoms with Crippen molar-refractivity contribution in [1.82, 2.24) is 15.2 Å². The van der Waals surface area contributed by atoms with E-state index in [2.05, 4.69) is 10.3 Å². The number of carbonyl (C=O) groups excluding carboxylic acids is 2. The number of benzene rings is 1. The van der Waals surface area contributed by atoms with E-state index in [0.717, 1.165) is 17.7 Å². The number of pyridine rings is 1. The van der Waals surface area contributed by atoms with Crippen LogP contribution in [-0.4, -0.2) is 41.8 Å². The molecule has 1 heterocycles. The lowest BCUT2D eigenvalue weighted by Gasteiger charge is -2.17. The number of likely N-dealkylation sites (N-methyl/N-ethyl adjacent to an activating group) is 1. The second-order valence-electron chi connectivity index (χ2n) is 5.65. The normalized spacial score (nSPS) is 10.2. The second-order valence-corrected chi connectivity index (χ2v) is 5.65. The highest BCUT2D eigenvalue weighted by Gasteiger charge is 2.10. The van der Waals surface area contributed by atoms with Crippen molar-refractivity contribution in [2.45, 2.75) is 19.3 Å². The summed E-state index contributed by atoms with van der Waals surface area (Å²) in [6.07, 6.45) is 3.12. The molecule has 0 radical (unpaired) electrons. The van der Waals surface area contributed by atoms with Gasteiger partial charge in [-0.2, -0.15) is 0 Å². The van der Waals surface area contributed by atoms with Crippen molar-refractivity contribution in [2.24, 2.45) is 0 Å². The van der Waals surface area contributed by atoms with Gasteiger partial charge in [0.2, 0.25) is 11.8 Å². The first-order valence-electron chi connectivity index (χ1n) is 8.09. The molecule has 2 aromatic rings. The van der Waals surface area contributed by atoms with Crippen molar-refractivity contribution >= 4 is 11.8 Å². The van der Waals surface area contributed by atoms with Gasteiger partial charge >= 0.3 is 0 Å². The zero-order valence-electron chi connectivity index (χ0n) is 13.9. The van der Waals surface area contributed by atoms with Gasteiger partial charge < -0.3 is 10.2 Å².